The minimum atomic E-state index is -0.404. The molecule has 106 valence electrons. The number of hydrogen-bond acceptors (Lipinski definition) is 1. The summed E-state index contributed by atoms with van der Waals surface area (Å²) in [4.78, 5) is 15.3. The monoisotopic (exact) mass is 302 g/mol. The first kappa shape index (κ1) is 13.6. The van der Waals surface area contributed by atoms with Crippen molar-refractivity contribution in [1.82, 2.24) is 4.98 Å². The van der Waals surface area contributed by atoms with Crippen molar-refractivity contribution in [2.75, 3.05) is 5.32 Å². The lowest BCUT2D eigenvalue weighted by Crippen LogP contribution is -2.13. The second kappa shape index (κ2) is 5.22. The Morgan fingerprint density at radius 1 is 1.24 bits per heavy atom. The SMILES string of the molecule is Cc1ccc(F)cc1NC(=O)c1[nH]c2ccccc2c1Cl. The fourth-order valence-electron chi connectivity index (χ4n) is 2.18. The Bertz CT molecular complexity index is 841. The second-order valence-electron chi connectivity index (χ2n) is 4.77. The fraction of sp³-hybridized carbons (Fsp3) is 0.0625. The first-order valence-electron chi connectivity index (χ1n) is 6.40. The predicted octanol–water partition coefficient (Wildman–Crippen LogP) is 4.52. The Labute approximate surface area is 125 Å². The number of rotatable bonds is 2. The highest BCUT2D eigenvalue weighted by molar-refractivity contribution is 6.39. The molecule has 0 bridgehead atoms. The van der Waals surface area contributed by atoms with Crippen LogP contribution in [0.3, 0.4) is 0 Å². The summed E-state index contributed by atoms with van der Waals surface area (Å²) < 4.78 is 13.3. The minimum absolute atomic E-state index is 0.265. The van der Waals surface area contributed by atoms with E-state index in [1.165, 1.54) is 12.1 Å². The maximum absolute atomic E-state index is 13.3. The third kappa shape index (κ3) is 2.50. The van der Waals surface area contributed by atoms with Gasteiger partial charge in [0.2, 0.25) is 0 Å². The smallest absolute Gasteiger partial charge is 0.273 e. The Morgan fingerprint density at radius 2 is 2.00 bits per heavy atom. The average Bonchev–Trinajstić information content (AvgIpc) is 2.81. The van der Waals surface area contributed by atoms with E-state index >= 15 is 0 Å². The van der Waals surface area contributed by atoms with Crippen LogP contribution in [-0.4, -0.2) is 10.9 Å². The number of aryl methyl sites for hydroxylation is 1. The van der Waals surface area contributed by atoms with Crippen LogP contribution in [0.15, 0.2) is 42.5 Å². The zero-order valence-electron chi connectivity index (χ0n) is 11.2. The molecule has 2 N–H and O–H groups in total. The summed E-state index contributed by atoms with van der Waals surface area (Å²) in [5.74, 6) is -0.802. The quantitative estimate of drug-likeness (QED) is 0.718. The summed E-state index contributed by atoms with van der Waals surface area (Å²) >= 11 is 6.22. The summed E-state index contributed by atoms with van der Waals surface area (Å²) in [5, 5.41) is 3.81. The van der Waals surface area contributed by atoms with Crippen LogP contribution < -0.4 is 5.32 Å². The van der Waals surface area contributed by atoms with Crippen LogP contribution in [0.5, 0.6) is 0 Å². The van der Waals surface area contributed by atoms with Gasteiger partial charge < -0.3 is 10.3 Å². The molecule has 3 aromatic rings. The van der Waals surface area contributed by atoms with Crippen molar-refractivity contribution >= 4 is 34.1 Å². The second-order valence-corrected chi connectivity index (χ2v) is 5.15. The molecule has 0 unspecified atom stereocenters. The lowest BCUT2D eigenvalue weighted by Gasteiger charge is -2.07. The van der Waals surface area contributed by atoms with Crippen molar-refractivity contribution in [3.63, 3.8) is 0 Å². The molecular weight excluding hydrogens is 291 g/mol. The Balaban J connectivity index is 1.97. The van der Waals surface area contributed by atoms with Gasteiger partial charge in [0.15, 0.2) is 0 Å². The van der Waals surface area contributed by atoms with Crippen LogP contribution in [-0.2, 0) is 0 Å². The maximum Gasteiger partial charge on any atom is 0.273 e. The van der Waals surface area contributed by atoms with E-state index in [-0.39, 0.29) is 5.69 Å². The summed E-state index contributed by atoms with van der Waals surface area (Å²) in [6, 6.07) is 11.6. The molecule has 0 spiro atoms. The molecule has 0 fully saturated rings. The van der Waals surface area contributed by atoms with Crippen LogP contribution in [0.4, 0.5) is 10.1 Å². The molecule has 3 nitrogen and oxygen atoms in total. The number of amides is 1. The molecule has 0 aliphatic carbocycles. The van der Waals surface area contributed by atoms with Crippen LogP contribution in [0, 0.1) is 12.7 Å². The van der Waals surface area contributed by atoms with E-state index in [9.17, 15) is 9.18 Å². The predicted molar refractivity (Wildman–Crippen MR) is 82.4 cm³/mol. The minimum Gasteiger partial charge on any atom is -0.349 e. The maximum atomic E-state index is 13.3. The van der Waals surface area contributed by atoms with Crippen LogP contribution in [0.25, 0.3) is 10.9 Å². The van der Waals surface area contributed by atoms with E-state index in [0.29, 0.717) is 10.7 Å². The summed E-state index contributed by atoms with van der Waals surface area (Å²) in [5.41, 5.74) is 2.25. The van der Waals surface area contributed by atoms with Crippen LogP contribution in [0.1, 0.15) is 16.1 Å². The molecule has 21 heavy (non-hydrogen) atoms. The van der Waals surface area contributed by atoms with E-state index in [4.69, 9.17) is 11.6 Å². The van der Waals surface area contributed by atoms with Gasteiger partial charge in [-0.3, -0.25) is 4.79 Å². The highest BCUT2D eigenvalue weighted by Gasteiger charge is 2.17. The van der Waals surface area contributed by atoms with Crippen molar-refractivity contribution < 1.29 is 9.18 Å². The van der Waals surface area contributed by atoms with Gasteiger partial charge in [0.1, 0.15) is 11.5 Å². The number of hydrogen-bond donors (Lipinski definition) is 2. The number of nitrogens with one attached hydrogen (secondary N) is 2. The average molecular weight is 303 g/mol. The van der Waals surface area contributed by atoms with Gasteiger partial charge >= 0.3 is 0 Å². The van der Waals surface area contributed by atoms with Gasteiger partial charge in [-0.1, -0.05) is 35.9 Å². The zero-order valence-corrected chi connectivity index (χ0v) is 12.0. The summed E-state index contributed by atoms with van der Waals surface area (Å²) in [6.45, 7) is 1.79. The van der Waals surface area contributed by atoms with Gasteiger partial charge in [-0.25, -0.2) is 4.39 Å². The molecule has 0 atom stereocenters. The molecule has 2 aromatic carbocycles. The van der Waals surface area contributed by atoms with E-state index in [2.05, 4.69) is 10.3 Å². The highest BCUT2D eigenvalue weighted by Crippen LogP contribution is 2.28. The molecular formula is C16H12ClFN2O. The third-order valence-corrected chi connectivity index (χ3v) is 3.71. The Hall–Kier alpha value is -2.33. The highest BCUT2D eigenvalue weighted by atomic mass is 35.5. The van der Waals surface area contributed by atoms with Crippen molar-refractivity contribution in [1.29, 1.82) is 0 Å². The number of aromatic amines is 1. The molecule has 1 heterocycles. The molecule has 1 amide bonds. The number of aromatic nitrogens is 1. The number of halogens is 2. The zero-order chi connectivity index (χ0) is 15.0. The largest absolute Gasteiger partial charge is 0.349 e. The van der Waals surface area contributed by atoms with Crippen LogP contribution in [0.2, 0.25) is 5.02 Å². The normalized spacial score (nSPS) is 10.8. The lowest BCUT2D eigenvalue weighted by atomic mass is 10.2. The molecule has 0 radical (unpaired) electrons. The van der Waals surface area contributed by atoms with E-state index in [1.54, 1.807) is 13.0 Å². The number of carbonyl (C=O) groups is 1. The molecule has 0 saturated carbocycles. The van der Waals surface area contributed by atoms with Crippen molar-refractivity contribution in [2.24, 2.45) is 0 Å². The van der Waals surface area contributed by atoms with Gasteiger partial charge in [-0.2, -0.15) is 0 Å². The van der Waals surface area contributed by atoms with Gasteiger partial charge in [0, 0.05) is 16.6 Å². The van der Waals surface area contributed by atoms with Crippen molar-refractivity contribution in [2.45, 2.75) is 6.92 Å². The fourth-order valence-corrected chi connectivity index (χ4v) is 2.48. The van der Waals surface area contributed by atoms with Crippen LogP contribution >= 0.6 is 11.6 Å². The van der Waals surface area contributed by atoms with E-state index < -0.39 is 11.7 Å². The summed E-state index contributed by atoms with van der Waals surface area (Å²) in [7, 11) is 0. The number of H-pyrrole nitrogens is 1. The summed E-state index contributed by atoms with van der Waals surface area (Å²) in [6.07, 6.45) is 0. The number of para-hydroxylation sites is 1. The van der Waals surface area contributed by atoms with Gasteiger partial charge in [0.05, 0.1) is 5.02 Å². The first-order chi connectivity index (χ1) is 10.1. The molecule has 3 rings (SSSR count). The number of anilines is 1. The van der Waals surface area contributed by atoms with E-state index in [1.807, 2.05) is 24.3 Å². The standard InChI is InChI=1S/C16H12ClFN2O/c1-9-6-7-10(18)8-13(9)20-16(21)15-14(17)11-4-2-3-5-12(11)19-15/h2-8,19H,1H3,(H,20,21). The molecule has 0 saturated heterocycles. The Kier molecular flexibility index (Phi) is 3.39. The van der Waals surface area contributed by atoms with E-state index in [0.717, 1.165) is 16.5 Å². The first-order valence-corrected chi connectivity index (χ1v) is 6.78. The van der Waals surface area contributed by atoms with Crippen molar-refractivity contribution in [3.05, 3.63) is 64.6 Å². The molecule has 5 heteroatoms. The topological polar surface area (TPSA) is 44.9 Å². The lowest BCUT2D eigenvalue weighted by molar-refractivity contribution is 0.102. The Morgan fingerprint density at radius 3 is 2.76 bits per heavy atom. The molecule has 0 aliphatic heterocycles. The van der Waals surface area contributed by atoms with Crippen molar-refractivity contribution in [3.8, 4) is 0 Å². The number of carbonyl (C=O) groups excluding carboxylic acids is 1. The molecule has 1 aromatic heterocycles. The van der Waals surface area contributed by atoms with Gasteiger partial charge in [-0.05, 0) is 30.7 Å². The third-order valence-electron chi connectivity index (χ3n) is 3.32. The van der Waals surface area contributed by atoms with Gasteiger partial charge in [-0.15, -0.1) is 0 Å². The van der Waals surface area contributed by atoms with Gasteiger partial charge in [0.25, 0.3) is 5.91 Å². The number of fused-ring (bicyclic) bond motifs is 1. The molecule has 0 aliphatic rings. The number of benzene rings is 2.